The molecule has 3 aromatic heterocycles. The van der Waals surface area contributed by atoms with E-state index in [4.69, 9.17) is 4.98 Å². The minimum Gasteiger partial charge on any atom is -0.352 e. The maximum Gasteiger partial charge on any atom is 0.252 e. The second-order valence-corrected chi connectivity index (χ2v) is 9.15. The number of carbonyl (C=O) groups excluding carboxylic acids is 1. The molecule has 8 heteroatoms. The summed E-state index contributed by atoms with van der Waals surface area (Å²) in [6.45, 7) is 10.3. The molecule has 4 rings (SSSR count). The number of aromatic nitrogens is 3. The molecule has 1 fully saturated rings. The quantitative estimate of drug-likeness (QED) is 0.588. The number of hydrogen-bond acceptors (Lipinski definition) is 6. The van der Waals surface area contributed by atoms with Gasteiger partial charge in [0.1, 0.15) is 0 Å². The molecule has 1 N–H and O–H groups in total. The summed E-state index contributed by atoms with van der Waals surface area (Å²) in [6.07, 6.45) is 2.71. The van der Waals surface area contributed by atoms with Crippen LogP contribution < -0.4 is 5.32 Å². The van der Waals surface area contributed by atoms with E-state index in [0.29, 0.717) is 12.1 Å². The fraction of sp³-hybridized carbons (Fsp3) is 0.500. The van der Waals surface area contributed by atoms with Gasteiger partial charge < -0.3 is 15.1 Å². The van der Waals surface area contributed by atoms with Crippen molar-refractivity contribution in [2.45, 2.75) is 26.3 Å². The van der Waals surface area contributed by atoms with Gasteiger partial charge in [-0.3, -0.25) is 4.79 Å². The Balaban J connectivity index is 1.48. The second-order valence-electron chi connectivity index (χ2n) is 8.21. The number of hydrogen-bond donors (Lipinski definition) is 1. The van der Waals surface area contributed by atoms with Crippen LogP contribution in [0.1, 0.15) is 36.7 Å². The van der Waals surface area contributed by atoms with Crippen molar-refractivity contribution in [3.05, 3.63) is 35.3 Å². The van der Waals surface area contributed by atoms with Crippen molar-refractivity contribution < 1.29 is 4.79 Å². The number of likely N-dealkylation sites (N-methyl/N-ethyl adjacent to an activating group) is 1. The summed E-state index contributed by atoms with van der Waals surface area (Å²) in [5, 5.41) is 10.4. The Bertz CT molecular complexity index is 989. The molecule has 0 radical (unpaired) electrons. The first-order valence-corrected chi connectivity index (χ1v) is 11.5. The number of carbonyl (C=O) groups is 1. The summed E-state index contributed by atoms with van der Waals surface area (Å²) in [5.74, 6) is -0.0538. The van der Waals surface area contributed by atoms with Crippen molar-refractivity contribution in [1.29, 1.82) is 0 Å². The van der Waals surface area contributed by atoms with Crippen molar-refractivity contribution >= 4 is 28.3 Å². The molecule has 0 unspecified atom stereocenters. The molecule has 0 bridgehead atoms. The van der Waals surface area contributed by atoms with Gasteiger partial charge in [-0.25, -0.2) is 9.67 Å². The average Bonchev–Trinajstić information content (AvgIpc) is 3.41. The molecule has 160 valence electrons. The monoisotopic (exact) mass is 426 g/mol. The smallest absolute Gasteiger partial charge is 0.252 e. The minimum atomic E-state index is -0.0538. The fourth-order valence-electron chi connectivity index (χ4n) is 3.81. The summed E-state index contributed by atoms with van der Waals surface area (Å²) in [6, 6.07) is 6.11. The third kappa shape index (κ3) is 4.55. The zero-order valence-electron chi connectivity index (χ0n) is 18.0. The van der Waals surface area contributed by atoms with Crippen LogP contribution in [0.5, 0.6) is 0 Å². The zero-order chi connectivity index (χ0) is 21.1. The van der Waals surface area contributed by atoms with Gasteiger partial charge >= 0.3 is 0 Å². The number of amides is 1. The summed E-state index contributed by atoms with van der Waals surface area (Å²) < 4.78 is 1.89. The van der Waals surface area contributed by atoms with Gasteiger partial charge in [-0.2, -0.15) is 5.10 Å². The summed E-state index contributed by atoms with van der Waals surface area (Å²) in [7, 11) is 2.17. The Morgan fingerprint density at radius 3 is 2.77 bits per heavy atom. The molecule has 3 aromatic rings. The first-order valence-electron chi connectivity index (χ1n) is 10.6. The van der Waals surface area contributed by atoms with E-state index in [1.807, 2.05) is 28.3 Å². The highest BCUT2D eigenvalue weighted by atomic mass is 32.1. The zero-order valence-corrected chi connectivity index (χ0v) is 18.8. The van der Waals surface area contributed by atoms with Gasteiger partial charge in [0.25, 0.3) is 5.91 Å². The van der Waals surface area contributed by atoms with Crippen molar-refractivity contribution in [2.75, 3.05) is 46.3 Å². The summed E-state index contributed by atoms with van der Waals surface area (Å²) in [5.41, 5.74) is 2.23. The van der Waals surface area contributed by atoms with Crippen molar-refractivity contribution in [3.63, 3.8) is 0 Å². The van der Waals surface area contributed by atoms with Crippen LogP contribution in [0, 0.1) is 0 Å². The molecule has 1 aliphatic rings. The molecule has 30 heavy (non-hydrogen) atoms. The SMILES string of the molecule is CC(C)n1ncc2c(C(=O)NCCCN3CCN(C)CC3)cc(-c3cccs3)nc21. The number of piperazine rings is 1. The Hall–Kier alpha value is -2.29. The highest BCUT2D eigenvalue weighted by molar-refractivity contribution is 7.13. The highest BCUT2D eigenvalue weighted by Crippen LogP contribution is 2.28. The normalized spacial score (nSPS) is 15.9. The molecule has 1 aliphatic heterocycles. The van der Waals surface area contributed by atoms with Gasteiger partial charge in [-0.15, -0.1) is 11.3 Å². The van der Waals surface area contributed by atoms with Crippen LogP contribution in [-0.4, -0.2) is 76.8 Å². The Morgan fingerprint density at radius 1 is 1.27 bits per heavy atom. The molecular formula is C22H30N6OS. The minimum absolute atomic E-state index is 0.0538. The Labute approximate surface area is 181 Å². The van der Waals surface area contributed by atoms with Crippen LogP contribution in [0.2, 0.25) is 0 Å². The van der Waals surface area contributed by atoms with Gasteiger partial charge in [0, 0.05) is 38.8 Å². The van der Waals surface area contributed by atoms with Crippen LogP contribution in [0.4, 0.5) is 0 Å². The molecule has 1 saturated heterocycles. The Morgan fingerprint density at radius 2 is 2.07 bits per heavy atom. The lowest BCUT2D eigenvalue weighted by Gasteiger charge is -2.32. The Kier molecular flexibility index (Phi) is 6.46. The van der Waals surface area contributed by atoms with Crippen molar-refractivity contribution in [3.8, 4) is 10.6 Å². The van der Waals surface area contributed by atoms with Crippen molar-refractivity contribution in [1.82, 2.24) is 29.9 Å². The fourth-order valence-corrected chi connectivity index (χ4v) is 4.49. The molecule has 0 aliphatic carbocycles. The molecule has 7 nitrogen and oxygen atoms in total. The van der Waals surface area contributed by atoms with E-state index in [2.05, 4.69) is 41.1 Å². The van der Waals surface area contributed by atoms with E-state index in [1.165, 1.54) is 0 Å². The third-order valence-corrected chi connectivity index (χ3v) is 6.50. The van der Waals surface area contributed by atoms with Crippen molar-refractivity contribution in [2.24, 2.45) is 0 Å². The van der Waals surface area contributed by atoms with Crippen LogP contribution in [0.3, 0.4) is 0 Å². The largest absolute Gasteiger partial charge is 0.352 e. The molecule has 0 spiro atoms. The summed E-state index contributed by atoms with van der Waals surface area (Å²) >= 11 is 1.63. The highest BCUT2D eigenvalue weighted by Gasteiger charge is 2.19. The maximum absolute atomic E-state index is 13.1. The number of nitrogens with one attached hydrogen (secondary N) is 1. The standard InChI is InChI=1S/C22H30N6OS/c1-16(2)28-21-18(15-24-28)17(14-19(25-21)20-6-4-13-30-20)22(29)23-7-5-8-27-11-9-26(3)10-12-27/h4,6,13-16H,5,7-12H2,1-3H3,(H,23,29). The average molecular weight is 427 g/mol. The van der Waals surface area contributed by atoms with Crippen LogP contribution in [0.25, 0.3) is 21.6 Å². The van der Waals surface area contributed by atoms with E-state index < -0.39 is 0 Å². The van der Waals surface area contributed by atoms with E-state index in [1.54, 1.807) is 17.5 Å². The van der Waals surface area contributed by atoms with Gasteiger partial charge in [0.2, 0.25) is 0 Å². The van der Waals surface area contributed by atoms with Gasteiger partial charge in [-0.1, -0.05) is 6.07 Å². The van der Waals surface area contributed by atoms with Gasteiger partial charge in [-0.05, 0) is 51.4 Å². The summed E-state index contributed by atoms with van der Waals surface area (Å²) in [4.78, 5) is 23.8. The predicted octanol–water partition coefficient (Wildman–Crippen LogP) is 3.11. The van der Waals surface area contributed by atoms with E-state index in [-0.39, 0.29) is 11.9 Å². The van der Waals surface area contributed by atoms with Gasteiger partial charge in [0.05, 0.1) is 27.7 Å². The number of thiophene rings is 1. The van der Waals surface area contributed by atoms with Crippen LogP contribution in [0.15, 0.2) is 29.8 Å². The van der Waals surface area contributed by atoms with E-state index >= 15 is 0 Å². The van der Waals surface area contributed by atoms with Crippen LogP contribution >= 0.6 is 11.3 Å². The number of pyridine rings is 1. The lowest BCUT2D eigenvalue weighted by Crippen LogP contribution is -2.45. The van der Waals surface area contributed by atoms with E-state index in [0.717, 1.165) is 60.7 Å². The second kappa shape index (κ2) is 9.24. The van der Waals surface area contributed by atoms with Gasteiger partial charge in [0.15, 0.2) is 5.65 Å². The first kappa shape index (κ1) is 21.0. The van der Waals surface area contributed by atoms with Crippen LogP contribution in [-0.2, 0) is 0 Å². The van der Waals surface area contributed by atoms with E-state index in [9.17, 15) is 4.79 Å². The number of fused-ring (bicyclic) bond motifs is 1. The lowest BCUT2D eigenvalue weighted by molar-refractivity contribution is 0.0951. The molecule has 0 aromatic carbocycles. The predicted molar refractivity (Wildman–Crippen MR) is 122 cm³/mol. The number of rotatable bonds is 7. The first-order chi connectivity index (χ1) is 14.5. The third-order valence-electron chi connectivity index (χ3n) is 5.61. The molecular weight excluding hydrogens is 396 g/mol. The number of nitrogens with zero attached hydrogens (tertiary/aromatic N) is 5. The molecule has 4 heterocycles. The molecule has 1 amide bonds. The topological polar surface area (TPSA) is 66.3 Å². The maximum atomic E-state index is 13.1. The lowest BCUT2D eigenvalue weighted by atomic mass is 10.1. The molecule has 0 saturated carbocycles. The molecule has 0 atom stereocenters.